The van der Waals surface area contributed by atoms with Gasteiger partial charge in [-0.1, -0.05) is 18.2 Å². The van der Waals surface area contributed by atoms with E-state index in [2.05, 4.69) is 66.8 Å². The van der Waals surface area contributed by atoms with Crippen LogP contribution in [0.4, 0.5) is 0 Å². The number of fused-ring (bicyclic) bond motifs is 1. The summed E-state index contributed by atoms with van der Waals surface area (Å²) in [5.74, 6) is 0. The Kier molecular flexibility index (Phi) is 4.74. The topological polar surface area (TPSA) is 24.9 Å². The molecule has 108 valence electrons. The van der Waals surface area contributed by atoms with E-state index in [1.807, 2.05) is 19.2 Å². The highest BCUT2D eigenvalue weighted by Gasteiger charge is 2.18. The minimum absolute atomic E-state index is 0.180. The van der Waals surface area contributed by atoms with Crippen molar-refractivity contribution in [2.45, 2.75) is 12.5 Å². The first kappa shape index (κ1) is 15.2. The highest BCUT2D eigenvalue weighted by Crippen LogP contribution is 2.31. The number of nitrogens with one attached hydrogen (secondary N) is 1. The lowest BCUT2D eigenvalue weighted by atomic mass is 10.1. The Morgan fingerprint density at radius 3 is 2.71 bits per heavy atom. The smallest absolute Gasteiger partial charge is 0.0726 e. The first-order chi connectivity index (χ1) is 10.2. The zero-order valence-electron chi connectivity index (χ0n) is 11.4. The first-order valence-corrected chi connectivity index (χ1v) is 9.10. The second kappa shape index (κ2) is 6.57. The zero-order valence-corrected chi connectivity index (χ0v) is 15.4. The molecule has 2 aromatic heterocycles. The molecule has 2 nitrogen and oxygen atoms in total. The van der Waals surface area contributed by atoms with E-state index < -0.39 is 0 Å². The van der Waals surface area contributed by atoms with E-state index in [0.717, 1.165) is 27.5 Å². The van der Waals surface area contributed by atoms with Crippen LogP contribution in [0.5, 0.6) is 0 Å². The summed E-state index contributed by atoms with van der Waals surface area (Å²) in [6, 6.07) is 12.6. The van der Waals surface area contributed by atoms with Crippen molar-refractivity contribution in [2.75, 3.05) is 7.05 Å². The summed E-state index contributed by atoms with van der Waals surface area (Å²) >= 11 is 9.04. The van der Waals surface area contributed by atoms with E-state index in [-0.39, 0.29) is 6.04 Å². The molecule has 0 aliphatic heterocycles. The maximum absolute atomic E-state index is 4.84. The Balaban J connectivity index is 2.00. The van der Waals surface area contributed by atoms with E-state index >= 15 is 0 Å². The van der Waals surface area contributed by atoms with Gasteiger partial charge < -0.3 is 5.32 Å². The number of hydrogen-bond acceptors (Lipinski definition) is 3. The van der Waals surface area contributed by atoms with Crippen LogP contribution in [0.1, 0.15) is 16.6 Å². The third-order valence-corrected chi connectivity index (χ3v) is 6.05. The Morgan fingerprint density at radius 1 is 1.19 bits per heavy atom. The average molecular weight is 426 g/mol. The average Bonchev–Trinajstić information content (AvgIpc) is 2.89. The van der Waals surface area contributed by atoms with Crippen LogP contribution in [0.3, 0.4) is 0 Å². The number of aromatic nitrogens is 1. The van der Waals surface area contributed by atoms with Crippen molar-refractivity contribution in [3.8, 4) is 0 Å². The van der Waals surface area contributed by atoms with Gasteiger partial charge in [0.15, 0.2) is 0 Å². The van der Waals surface area contributed by atoms with E-state index in [9.17, 15) is 0 Å². The van der Waals surface area contributed by atoms with Crippen LogP contribution in [-0.2, 0) is 6.42 Å². The summed E-state index contributed by atoms with van der Waals surface area (Å²) in [6.45, 7) is 0. The lowest BCUT2D eigenvalue weighted by Gasteiger charge is -2.17. The summed E-state index contributed by atoms with van der Waals surface area (Å²) in [5, 5.41) is 6.64. The predicted octanol–water partition coefficient (Wildman–Crippen LogP) is 5.32. The molecule has 0 fully saturated rings. The van der Waals surface area contributed by atoms with Gasteiger partial charge in [0.25, 0.3) is 0 Å². The van der Waals surface area contributed by atoms with Gasteiger partial charge in [0, 0.05) is 25.6 Å². The largest absolute Gasteiger partial charge is 0.311 e. The third-order valence-electron chi connectivity index (χ3n) is 3.46. The number of pyridine rings is 1. The van der Waals surface area contributed by atoms with Crippen LogP contribution in [0.25, 0.3) is 10.9 Å². The van der Waals surface area contributed by atoms with E-state index in [4.69, 9.17) is 4.98 Å². The van der Waals surface area contributed by atoms with E-state index in [0.29, 0.717) is 0 Å². The molecule has 0 bridgehead atoms. The summed E-state index contributed by atoms with van der Waals surface area (Å²) < 4.78 is 2.22. The van der Waals surface area contributed by atoms with Gasteiger partial charge >= 0.3 is 0 Å². The monoisotopic (exact) mass is 424 g/mol. The molecule has 1 atom stereocenters. The van der Waals surface area contributed by atoms with Crippen molar-refractivity contribution in [3.63, 3.8) is 0 Å². The predicted molar refractivity (Wildman–Crippen MR) is 97.0 cm³/mol. The van der Waals surface area contributed by atoms with Gasteiger partial charge in [-0.05, 0) is 62.5 Å². The molecule has 1 N–H and O–H groups in total. The lowest BCUT2D eigenvalue weighted by molar-refractivity contribution is 0.579. The molecule has 3 aromatic rings. The summed E-state index contributed by atoms with van der Waals surface area (Å²) in [4.78, 5) is 6.17. The van der Waals surface area contributed by atoms with Crippen LogP contribution in [0, 0.1) is 0 Å². The quantitative estimate of drug-likeness (QED) is 0.611. The molecule has 3 rings (SSSR count). The lowest BCUT2D eigenvalue weighted by Crippen LogP contribution is -2.20. The second-order valence-electron chi connectivity index (χ2n) is 4.79. The van der Waals surface area contributed by atoms with Crippen molar-refractivity contribution in [2.24, 2.45) is 0 Å². The van der Waals surface area contributed by atoms with Crippen molar-refractivity contribution in [1.82, 2.24) is 10.3 Å². The van der Waals surface area contributed by atoms with Gasteiger partial charge in [0.1, 0.15) is 0 Å². The van der Waals surface area contributed by atoms with Gasteiger partial charge in [-0.2, -0.15) is 0 Å². The number of benzene rings is 1. The minimum Gasteiger partial charge on any atom is -0.311 e. The Morgan fingerprint density at radius 2 is 2.00 bits per heavy atom. The summed E-state index contributed by atoms with van der Waals surface area (Å²) in [7, 11) is 1.98. The number of thiophene rings is 1. The van der Waals surface area contributed by atoms with Crippen LogP contribution >= 0.6 is 43.2 Å². The molecule has 0 radical (unpaired) electrons. The van der Waals surface area contributed by atoms with Crippen LogP contribution in [0.2, 0.25) is 0 Å². The molecule has 0 amide bonds. The molecule has 1 unspecified atom stereocenters. The molecule has 5 heteroatoms. The molecule has 2 heterocycles. The van der Waals surface area contributed by atoms with Gasteiger partial charge in [-0.15, -0.1) is 11.3 Å². The van der Waals surface area contributed by atoms with Gasteiger partial charge in [-0.3, -0.25) is 0 Å². The Bertz CT molecular complexity index is 770. The standard InChI is InChI=1S/C16H14Br2N2S/c1-19-14(9-15-11(17)6-7-21-15)16-12(18)8-10-4-2-3-5-13(10)20-16/h2-8,14,19H,9H2,1H3. The van der Waals surface area contributed by atoms with Crippen LogP contribution in [-0.4, -0.2) is 12.0 Å². The second-order valence-corrected chi connectivity index (χ2v) is 7.49. The number of nitrogens with zero attached hydrogens (tertiary/aromatic N) is 1. The van der Waals surface area contributed by atoms with Crippen molar-refractivity contribution in [3.05, 3.63) is 61.3 Å². The maximum Gasteiger partial charge on any atom is 0.0726 e. The Labute approximate surface area is 144 Å². The SMILES string of the molecule is CNC(Cc1sccc1Br)c1nc2ccccc2cc1Br. The molecule has 0 saturated heterocycles. The fourth-order valence-electron chi connectivity index (χ4n) is 2.34. The fourth-order valence-corrected chi connectivity index (χ4v) is 4.51. The molecule has 0 saturated carbocycles. The molecular weight excluding hydrogens is 412 g/mol. The number of likely N-dealkylation sites (N-methyl/N-ethyl adjacent to an activating group) is 1. The van der Waals surface area contributed by atoms with Crippen molar-refractivity contribution in [1.29, 1.82) is 0 Å². The molecule has 0 spiro atoms. The molecular formula is C16H14Br2N2S. The van der Waals surface area contributed by atoms with Crippen LogP contribution < -0.4 is 5.32 Å². The molecule has 0 aliphatic carbocycles. The molecule has 21 heavy (non-hydrogen) atoms. The van der Waals surface area contributed by atoms with Gasteiger partial charge in [0.05, 0.1) is 17.3 Å². The number of hydrogen-bond donors (Lipinski definition) is 1. The highest BCUT2D eigenvalue weighted by atomic mass is 79.9. The third kappa shape index (κ3) is 3.21. The first-order valence-electron chi connectivity index (χ1n) is 6.63. The molecule has 1 aromatic carbocycles. The molecule has 0 aliphatic rings. The van der Waals surface area contributed by atoms with Crippen molar-refractivity contribution >= 4 is 54.1 Å². The number of halogens is 2. The van der Waals surface area contributed by atoms with Crippen LogP contribution in [0.15, 0.2) is 50.7 Å². The van der Waals surface area contributed by atoms with Crippen molar-refractivity contribution < 1.29 is 0 Å². The van der Waals surface area contributed by atoms with Gasteiger partial charge in [0.2, 0.25) is 0 Å². The maximum atomic E-state index is 4.84. The number of para-hydroxylation sites is 1. The summed E-state index contributed by atoms with van der Waals surface area (Å²) in [5.41, 5.74) is 2.08. The highest BCUT2D eigenvalue weighted by molar-refractivity contribution is 9.10. The van der Waals surface area contributed by atoms with E-state index in [1.165, 1.54) is 9.35 Å². The van der Waals surface area contributed by atoms with Gasteiger partial charge in [-0.25, -0.2) is 4.98 Å². The fraction of sp³-hybridized carbons (Fsp3) is 0.188. The normalized spacial score (nSPS) is 12.7. The minimum atomic E-state index is 0.180. The van der Waals surface area contributed by atoms with E-state index in [1.54, 1.807) is 11.3 Å². The summed E-state index contributed by atoms with van der Waals surface area (Å²) in [6.07, 6.45) is 0.915. The zero-order chi connectivity index (χ0) is 14.8. The number of rotatable bonds is 4. The Hall–Kier alpha value is -0.750.